The standard InChI is InChI=1S/C20H19ClN4O3S/c21-18-8-7-16(14-19(18)29(27,28)24-10-1-2-11-24)23-20(26)15-5-3-6-17(13-15)25-12-4-9-22-25/h3-9,12-14H,1-2,10-11H2,(H,23,26). The van der Waals surface area contributed by atoms with Crippen molar-refractivity contribution < 1.29 is 13.2 Å². The van der Waals surface area contributed by atoms with Gasteiger partial charge in [0, 0.05) is 36.7 Å². The summed E-state index contributed by atoms with van der Waals surface area (Å²) < 4.78 is 28.8. The number of carbonyl (C=O) groups is 1. The van der Waals surface area contributed by atoms with Gasteiger partial charge in [-0.1, -0.05) is 17.7 Å². The molecule has 1 fully saturated rings. The maximum Gasteiger partial charge on any atom is 0.255 e. The highest BCUT2D eigenvalue weighted by atomic mass is 35.5. The van der Waals surface area contributed by atoms with Gasteiger partial charge < -0.3 is 5.32 Å². The van der Waals surface area contributed by atoms with Crippen LogP contribution in [0.15, 0.2) is 65.8 Å². The summed E-state index contributed by atoms with van der Waals surface area (Å²) in [6, 6.07) is 13.3. The van der Waals surface area contributed by atoms with Crippen LogP contribution in [0.4, 0.5) is 5.69 Å². The van der Waals surface area contributed by atoms with Crippen molar-refractivity contribution in [1.82, 2.24) is 14.1 Å². The second-order valence-electron chi connectivity index (χ2n) is 6.71. The number of rotatable bonds is 5. The topological polar surface area (TPSA) is 84.3 Å². The van der Waals surface area contributed by atoms with Crippen LogP contribution in [-0.2, 0) is 10.0 Å². The molecule has 1 aliphatic heterocycles. The number of nitrogens with one attached hydrogen (secondary N) is 1. The van der Waals surface area contributed by atoms with Crippen molar-refractivity contribution in [3.63, 3.8) is 0 Å². The minimum atomic E-state index is -3.69. The van der Waals surface area contributed by atoms with Crippen LogP contribution in [0.1, 0.15) is 23.2 Å². The summed E-state index contributed by atoms with van der Waals surface area (Å²) in [7, 11) is -3.69. The molecule has 0 saturated carbocycles. The van der Waals surface area contributed by atoms with Crippen LogP contribution >= 0.6 is 11.6 Å². The molecule has 0 atom stereocenters. The van der Waals surface area contributed by atoms with Crippen molar-refractivity contribution in [2.75, 3.05) is 18.4 Å². The predicted molar refractivity (Wildman–Crippen MR) is 111 cm³/mol. The van der Waals surface area contributed by atoms with Crippen molar-refractivity contribution in [2.24, 2.45) is 0 Å². The molecule has 1 amide bonds. The van der Waals surface area contributed by atoms with Crippen LogP contribution in [-0.4, -0.2) is 41.5 Å². The van der Waals surface area contributed by atoms with E-state index in [1.54, 1.807) is 47.4 Å². The molecule has 0 aliphatic carbocycles. The number of amides is 1. The zero-order chi connectivity index (χ0) is 20.4. The largest absolute Gasteiger partial charge is 0.322 e. The highest BCUT2D eigenvalue weighted by molar-refractivity contribution is 7.89. The number of hydrogen-bond acceptors (Lipinski definition) is 4. The first kappa shape index (κ1) is 19.6. The molecule has 0 radical (unpaired) electrons. The number of benzene rings is 2. The van der Waals surface area contributed by atoms with E-state index >= 15 is 0 Å². The molecule has 9 heteroatoms. The van der Waals surface area contributed by atoms with Gasteiger partial charge in [-0.25, -0.2) is 13.1 Å². The molecule has 1 saturated heterocycles. The van der Waals surface area contributed by atoms with Crippen LogP contribution in [0.5, 0.6) is 0 Å². The van der Waals surface area contributed by atoms with Gasteiger partial charge in [0.05, 0.1) is 10.7 Å². The molecule has 0 spiro atoms. The van der Waals surface area contributed by atoms with E-state index in [2.05, 4.69) is 10.4 Å². The maximum absolute atomic E-state index is 12.9. The third-order valence-electron chi connectivity index (χ3n) is 4.75. The molecule has 2 heterocycles. The Morgan fingerprint density at radius 2 is 1.86 bits per heavy atom. The molecular weight excluding hydrogens is 412 g/mol. The Morgan fingerprint density at radius 1 is 1.07 bits per heavy atom. The summed E-state index contributed by atoms with van der Waals surface area (Å²) in [4.78, 5) is 12.7. The van der Waals surface area contributed by atoms with Gasteiger partial charge in [-0.15, -0.1) is 0 Å². The number of anilines is 1. The fourth-order valence-corrected chi connectivity index (χ4v) is 5.28. The summed E-state index contributed by atoms with van der Waals surface area (Å²) in [6.07, 6.45) is 5.11. The Balaban J connectivity index is 1.59. The molecule has 7 nitrogen and oxygen atoms in total. The van der Waals surface area contributed by atoms with Gasteiger partial charge in [-0.2, -0.15) is 9.40 Å². The van der Waals surface area contributed by atoms with Gasteiger partial charge in [0.25, 0.3) is 5.91 Å². The lowest BCUT2D eigenvalue weighted by Crippen LogP contribution is -2.28. The monoisotopic (exact) mass is 430 g/mol. The molecule has 0 bridgehead atoms. The zero-order valence-electron chi connectivity index (χ0n) is 15.5. The summed E-state index contributed by atoms with van der Waals surface area (Å²) in [5, 5.41) is 7.04. The Hall–Kier alpha value is -2.68. The second kappa shape index (κ2) is 7.98. The van der Waals surface area contributed by atoms with E-state index in [4.69, 9.17) is 11.6 Å². The highest BCUT2D eigenvalue weighted by Gasteiger charge is 2.29. The van der Waals surface area contributed by atoms with Crippen molar-refractivity contribution >= 4 is 33.2 Å². The van der Waals surface area contributed by atoms with E-state index in [9.17, 15) is 13.2 Å². The molecule has 1 aliphatic rings. The number of sulfonamides is 1. The van der Waals surface area contributed by atoms with Gasteiger partial charge in [0.1, 0.15) is 4.90 Å². The fraction of sp³-hybridized carbons (Fsp3) is 0.200. The normalized spacial score (nSPS) is 14.8. The smallest absolute Gasteiger partial charge is 0.255 e. The first-order chi connectivity index (χ1) is 13.9. The number of aromatic nitrogens is 2. The highest BCUT2D eigenvalue weighted by Crippen LogP contribution is 2.29. The van der Waals surface area contributed by atoms with Crippen LogP contribution < -0.4 is 5.32 Å². The van der Waals surface area contributed by atoms with E-state index in [0.29, 0.717) is 24.3 Å². The van der Waals surface area contributed by atoms with Crippen LogP contribution in [0.3, 0.4) is 0 Å². The van der Waals surface area contributed by atoms with Gasteiger partial charge >= 0.3 is 0 Å². The number of halogens is 1. The summed E-state index contributed by atoms with van der Waals surface area (Å²) >= 11 is 6.16. The van der Waals surface area contributed by atoms with Gasteiger partial charge in [0.2, 0.25) is 10.0 Å². The lowest BCUT2D eigenvalue weighted by molar-refractivity contribution is 0.102. The summed E-state index contributed by atoms with van der Waals surface area (Å²) in [6.45, 7) is 0.963. The summed E-state index contributed by atoms with van der Waals surface area (Å²) in [5.74, 6) is -0.356. The van der Waals surface area contributed by atoms with Crippen molar-refractivity contribution in [3.05, 3.63) is 71.5 Å². The molecular formula is C20H19ClN4O3S. The molecule has 29 heavy (non-hydrogen) atoms. The Bertz CT molecular complexity index is 1140. The van der Waals surface area contributed by atoms with Crippen LogP contribution in [0.25, 0.3) is 5.69 Å². The van der Waals surface area contributed by atoms with Crippen LogP contribution in [0, 0.1) is 0 Å². The Labute approximate surface area is 174 Å². The number of carbonyl (C=O) groups excluding carboxylic acids is 1. The van der Waals surface area contributed by atoms with Crippen LogP contribution in [0.2, 0.25) is 5.02 Å². The average molecular weight is 431 g/mol. The molecule has 1 aromatic heterocycles. The third kappa shape index (κ3) is 4.05. The van der Waals surface area contributed by atoms with Crippen molar-refractivity contribution in [3.8, 4) is 5.69 Å². The first-order valence-corrected chi connectivity index (χ1v) is 11.0. The van der Waals surface area contributed by atoms with Gasteiger partial charge in [-0.05, 0) is 55.3 Å². The van der Waals surface area contributed by atoms with E-state index in [0.717, 1.165) is 18.5 Å². The van der Waals surface area contributed by atoms with Crippen molar-refractivity contribution in [2.45, 2.75) is 17.7 Å². The number of hydrogen-bond donors (Lipinski definition) is 1. The Morgan fingerprint density at radius 3 is 2.59 bits per heavy atom. The second-order valence-corrected chi connectivity index (χ2v) is 9.03. The van der Waals surface area contributed by atoms with E-state index < -0.39 is 10.0 Å². The van der Waals surface area contributed by atoms with E-state index in [1.807, 2.05) is 6.07 Å². The van der Waals surface area contributed by atoms with E-state index in [-0.39, 0.29) is 15.8 Å². The summed E-state index contributed by atoms with van der Waals surface area (Å²) in [5.41, 5.74) is 1.54. The third-order valence-corrected chi connectivity index (χ3v) is 7.13. The van der Waals surface area contributed by atoms with Crippen molar-refractivity contribution in [1.29, 1.82) is 0 Å². The average Bonchev–Trinajstić information content (AvgIpc) is 3.44. The minimum absolute atomic E-state index is 0.00385. The van der Waals surface area contributed by atoms with Gasteiger partial charge in [-0.3, -0.25) is 4.79 Å². The molecule has 4 rings (SSSR count). The molecule has 1 N–H and O–H groups in total. The predicted octanol–water partition coefficient (Wildman–Crippen LogP) is 3.56. The first-order valence-electron chi connectivity index (χ1n) is 9.16. The molecule has 3 aromatic rings. The van der Waals surface area contributed by atoms with Gasteiger partial charge in [0.15, 0.2) is 0 Å². The quantitative estimate of drug-likeness (QED) is 0.670. The fourth-order valence-electron chi connectivity index (χ4n) is 3.26. The molecule has 2 aromatic carbocycles. The maximum atomic E-state index is 12.9. The lowest BCUT2D eigenvalue weighted by atomic mass is 10.2. The Kier molecular flexibility index (Phi) is 5.40. The molecule has 150 valence electrons. The SMILES string of the molecule is O=C(Nc1ccc(Cl)c(S(=O)(=O)N2CCCC2)c1)c1cccc(-n2cccn2)c1. The van der Waals surface area contributed by atoms with E-state index in [1.165, 1.54) is 16.4 Å². The molecule has 0 unspecified atom stereocenters. The minimum Gasteiger partial charge on any atom is -0.322 e. The number of nitrogens with zero attached hydrogens (tertiary/aromatic N) is 3. The zero-order valence-corrected chi connectivity index (χ0v) is 17.0. The lowest BCUT2D eigenvalue weighted by Gasteiger charge is -2.17.